The minimum Gasteiger partial charge on any atom is -0.366 e. The molecule has 0 amide bonds. The van der Waals surface area contributed by atoms with E-state index in [1.165, 1.54) is 12.8 Å². The number of hydrogen-bond donors (Lipinski definition) is 2. The molecule has 0 aliphatic heterocycles. The zero-order chi connectivity index (χ0) is 10.7. The molecule has 1 aliphatic rings. The molecule has 1 aromatic heterocycles. The highest BCUT2D eigenvalue weighted by Crippen LogP contribution is 2.27. The van der Waals surface area contributed by atoms with Gasteiger partial charge in [-0.3, -0.25) is 0 Å². The van der Waals surface area contributed by atoms with Gasteiger partial charge in [0.15, 0.2) is 5.82 Å². The van der Waals surface area contributed by atoms with Crippen molar-refractivity contribution in [3.8, 4) is 0 Å². The Morgan fingerprint density at radius 2 is 2.33 bits per heavy atom. The molecule has 15 heavy (non-hydrogen) atoms. The summed E-state index contributed by atoms with van der Waals surface area (Å²) in [5.74, 6) is 1.39. The lowest BCUT2D eigenvalue weighted by Crippen LogP contribution is -2.08. The Hall–Kier alpha value is -1.03. The molecule has 4 nitrogen and oxygen atoms in total. The Morgan fingerprint density at radius 3 is 3.00 bits per heavy atom. The van der Waals surface area contributed by atoms with Crippen molar-refractivity contribution in [2.75, 3.05) is 17.2 Å². The molecular formula is C10H15ClN4. The molecule has 0 unspecified atom stereocenters. The Labute approximate surface area is 94.5 Å². The predicted octanol–water partition coefficient (Wildman–Crippen LogP) is 2.53. The third kappa shape index (κ3) is 2.96. The fraction of sp³-hybridized carbons (Fsp3) is 0.600. The zero-order valence-electron chi connectivity index (χ0n) is 8.76. The summed E-state index contributed by atoms with van der Waals surface area (Å²) in [5, 5.41) is 7.00. The van der Waals surface area contributed by atoms with Crippen molar-refractivity contribution in [2.24, 2.45) is 0 Å². The summed E-state index contributed by atoms with van der Waals surface area (Å²) >= 11 is 5.99. The number of nitrogens with zero attached hydrogens (tertiary/aromatic N) is 2. The van der Waals surface area contributed by atoms with Crippen LogP contribution in [0.15, 0.2) is 6.20 Å². The van der Waals surface area contributed by atoms with Gasteiger partial charge in [0, 0.05) is 12.6 Å². The minimum absolute atomic E-state index is 0.552. The van der Waals surface area contributed by atoms with E-state index in [-0.39, 0.29) is 0 Å². The van der Waals surface area contributed by atoms with Gasteiger partial charge in [-0.1, -0.05) is 18.5 Å². The van der Waals surface area contributed by atoms with Crippen LogP contribution in [0.3, 0.4) is 0 Å². The third-order valence-corrected chi connectivity index (χ3v) is 2.47. The van der Waals surface area contributed by atoms with Gasteiger partial charge in [0.05, 0.1) is 6.20 Å². The van der Waals surface area contributed by atoms with Gasteiger partial charge < -0.3 is 10.6 Å². The van der Waals surface area contributed by atoms with E-state index >= 15 is 0 Å². The fourth-order valence-electron chi connectivity index (χ4n) is 1.21. The van der Waals surface area contributed by atoms with Crippen molar-refractivity contribution >= 4 is 23.4 Å². The Balaban J connectivity index is 2.05. The predicted molar refractivity (Wildman–Crippen MR) is 62.5 cm³/mol. The topological polar surface area (TPSA) is 49.8 Å². The van der Waals surface area contributed by atoms with Gasteiger partial charge in [-0.2, -0.15) is 4.98 Å². The van der Waals surface area contributed by atoms with Crippen LogP contribution >= 0.6 is 11.6 Å². The third-order valence-electron chi connectivity index (χ3n) is 2.20. The van der Waals surface area contributed by atoms with Crippen LogP contribution in [0.25, 0.3) is 0 Å². The maximum absolute atomic E-state index is 5.99. The van der Waals surface area contributed by atoms with Crippen LogP contribution in [-0.2, 0) is 0 Å². The first kappa shape index (κ1) is 10.5. The van der Waals surface area contributed by atoms with E-state index in [4.69, 9.17) is 11.6 Å². The van der Waals surface area contributed by atoms with Crippen LogP contribution < -0.4 is 10.6 Å². The highest BCUT2D eigenvalue weighted by atomic mass is 35.5. The molecule has 2 N–H and O–H groups in total. The van der Waals surface area contributed by atoms with E-state index in [1.54, 1.807) is 6.20 Å². The molecule has 5 heteroatoms. The van der Waals surface area contributed by atoms with Crippen LogP contribution in [0.4, 0.5) is 11.8 Å². The molecule has 82 valence electrons. The van der Waals surface area contributed by atoms with E-state index in [0.29, 0.717) is 17.0 Å². The van der Waals surface area contributed by atoms with Crippen molar-refractivity contribution < 1.29 is 0 Å². The molecule has 0 spiro atoms. The molecule has 0 bridgehead atoms. The number of hydrogen-bond acceptors (Lipinski definition) is 4. The summed E-state index contributed by atoms with van der Waals surface area (Å²) in [6.45, 7) is 2.98. The van der Waals surface area contributed by atoms with Crippen molar-refractivity contribution in [3.63, 3.8) is 0 Å². The van der Waals surface area contributed by atoms with Crippen molar-refractivity contribution in [1.29, 1.82) is 0 Å². The second kappa shape index (κ2) is 4.66. The van der Waals surface area contributed by atoms with Crippen LogP contribution in [0.2, 0.25) is 5.02 Å². The molecule has 1 aromatic rings. The van der Waals surface area contributed by atoms with Gasteiger partial charge >= 0.3 is 0 Å². The number of anilines is 2. The number of halogens is 1. The quantitative estimate of drug-likeness (QED) is 0.810. The summed E-state index contributed by atoms with van der Waals surface area (Å²) in [6.07, 6.45) is 5.10. The van der Waals surface area contributed by atoms with Crippen molar-refractivity contribution in [1.82, 2.24) is 9.97 Å². The minimum atomic E-state index is 0.552. The molecule has 2 rings (SSSR count). The van der Waals surface area contributed by atoms with E-state index in [2.05, 4.69) is 27.5 Å². The summed E-state index contributed by atoms with van der Waals surface area (Å²) in [7, 11) is 0. The van der Waals surface area contributed by atoms with E-state index in [9.17, 15) is 0 Å². The summed E-state index contributed by atoms with van der Waals surface area (Å²) in [6, 6.07) is 0.552. The van der Waals surface area contributed by atoms with E-state index in [0.717, 1.165) is 18.8 Å². The second-order valence-corrected chi connectivity index (χ2v) is 4.14. The van der Waals surface area contributed by atoms with Crippen LogP contribution in [0.5, 0.6) is 0 Å². The van der Waals surface area contributed by atoms with E-state index in [1.807, 2.05) is 0 Å². The van der Waals surface area contributed by atoms with Gasteiger partial charge in [0.1, 0.15) is 5.02 Å². The molecule has 1 fully saturated rings. The van der Waals surface area contributed by atoms with Gasteiger partial charge in [0.25, 0.3) is 0 Å². The molecule has 1 saturated carbocycles. The first-order valence-electron chi connectivity index (χ1n) is 5.32. The average molecular weight is 227 g/mol. The van der Waals surface area contributed by atoms with Crippen LogP contribution in [0, 0.1) is 0 Å². The average Bonchev–Trinajstić information content (AvgIpc) is 3.03. The summed E-state index contributed by atoms with van der Waals surface area (Å²) in [4.78, 5) is 8.43. The van der Waals surface area contributed by atoms with E-state index < -0.39 is 0 Å². The first-order chi connectivity index (χ1) is 7.29. The largest absolute Gasteiger partial charge is 0.366 e. The lowest BCUT2D eigenvalue weighted by atomic mass is 10.5. The lowest BCUT2D eigenvalue weighted by Gasteiger charge is -2.08. The maximum Gasteiger partial charge on any atom is 0.224 e. The van der Waals surface area contributed by atoms with Crippen LogP contribution in [0.1, 0.15) is 26.2 Å². The molecule has 0 aromatic carbocycles. The number of rotatable bonds is 5. The molecule has 0 atom stereocenters. The number of aromatic nitrogens is 2. The number of nitrogens with one attached hydrogen (secondary N) is 2. The SMILES string of the molecule is CCCNc1ncc(Cl)c(NC2CC2)n1. The maximum atomic E-state index is 5.99. The van der Waals surface area contributed by atoms with Crippen molar-refractivity contribution in [3.05, 3.63) is 11.2 Å². The molecule has 1 heterocycles. The summed E-state index contributed by atoms with van der Waals surface area (Å²) < 4.78 is 0. The van der Waals surface area contributed by atoms with Gasteiger partial charge in [-0.05, 0) is 19.3 Å². The summed E-state index contributed by atoms with van der Waals surface area (Å²) in [5.41, 5.74) is 0. The highest BCUT2D eigenvalue weighted by molar-refractivity contribution is 6.32. The fourth-order valence-corrected chi connectivity index (χ4v) is 1.36. The standard InChI is InChI=1S/C10H15ClN4/c1-2-5-12-10-13-6-8(11)9(15-10)14-7-3-4-7/h6-7H,2-5H2,1H3,(H2,12,13,14,15). The molecule has 0 saturated heterocycles. The Morgan fingerprint density at radius 1 is 1.53 bits per heavy atom. The smallest absolute Gasteiger partial charge is 0.224 e. The monoisotopic (exact) mass is 226 g/mol. The van der Waals surface area contributed by atoms with Gasteiger partial charge in [-0.25, -0.2) is 4.98 Å². The van der Waals surface area contributed by atoms with Gasteiger partial charge in [-0.15, -0.1) is 0 Å². The highest BCUT2D eigenvalue weighted by Gasteiger charge is 2.22. The van der Waals surface area contributed by atoms with Crippen molar-refractivity contribution in [2.45, 2.75) is 32.2 Å². The second-order valence-electron chi connectivity index (χ2n) is 3.74. The molecule has 0 radical (unpaired) electrons. The molecule has 1 aliphatic carbocycles. The zero-order valence-corrected chi connectivity index (χ0v) is 9.51. The first-order valence-corrected chi connectivity index (χ1v) is 5.70. The van der Waals surface area contributed by atoms with Crippen LogP contribution in [-0.4, -0.2) is 22.6 Å². The molecular weight excluding hydrogens is 212 g/mol. The Bertz CT molecular complexity index is 338. The normalized spacial score (nSPS) is 15.1. The lowest BCUT2D eigenvalue weighted by molar-refractivity contribution is 0.950. The Kier molecular flexibility index (Phi) is 3.26. The van der Waals surface area contributed by atoms with Gasteiger partial charge in [0.2, 0.25) is 5.95 Å².